The second-order valence-corrected chi connectivity index (χ2v) is 9.63. The van der Waals surface area contributed by atoms with Gasteiger partial charge in [0, 0.05) is 11.6 Å². The predicted octanol–water partition coefficient (Wildman–Crippen LogP) is 4.59. The molecule has 1 saturated carbocycles. The maximum absolute atomic E-state index is 13.2. The fourth-order valence-electron chi connectivity index (χ4n) is 4.22. The van der Waals surface area contributed by atoms with Gasteiger partial charge in [-0.05, 0) is 37.5 Å². The Hall–Kier alpha value is -3.04. The van der Waals surface area contributed by atoms with Gasteiger partial charge in [0.05, 0.1) is 21.6 Å². The fraction of sp³-hybridized carbons (Fsp3) is 0.348. The molecule has 0 atom stereocenters. The number of rotatable bonds is 5. The molecule has 0 aliphatic heterocycles. The fourth-order valence-corrected chi connectivity index (χ4v) is 5.50. The molecule has 1 N–H and O–H groups in total. The molecule has 3 aromatic heterocycles. The Kier molecular flexibility index (Phi) is 5.99. The first kappa shape index (κ1) is 21.8. The molecule has 1 aliphatic rings. The summed E-state index contributed by atoms with van der Waals surface area (Å²) in [6.45, 7) is 1.77. The molecular weight excluding hydrogens is 462 g/mol. The summed E-state index contributed by atoms with van der Waals surface area (Å²) in [7, 11) is 0. The van der Waals surface area contributed by atoms with Crippen LogP contribution in [-0.4, -0.2) is 31.6 Å². The van der Waals surface area contributed by atoms with E-state index in [1.54, 1.807) is 6.07 Å². The number of fused-ring (bicyclic) bond motifs is 1. The van der Waals surface area contributed by atoms with Crippen molar-refractivity contribution < 1.29 is 9.32 Å². The van der Waals surface area contributed by atoms with Crippen molar-refractivity contribution in [2.75, 3.05) is 0 Å². The Morgan fingerprint density at radius 1 is 1.27 bits per heavy atom. The van der Waals surface area contributed by atoms with E-state index < -0.39 is 0 Å². The number of nitrogens with one attached hydrogen (secondary N) is 1. The van der Waals surface area contributed by atoms with E-state index in [4.69, 9.17) is 16.1 Å². The van der Waals surface area contributed by atoms with Gasteiger partial charge in [-0.25, -0.2) is 4.98 Å². The van der Waals surface area contributed by atoms with Crippen LogP contribution in [0.1, 0.15) is 37.7 Å². The van der Waals surface area contributed by atoms with Crippen LogP contribution >= 0.6 is 22.9 Å². The SMILES string of the molecule is Cc1c(-c2nc(-c3ccccc3Cl)no2)sc2ncn(CC(=O)NC3CCCCC3)c(=O)c12. The number of aryl methyl sites for hydroxylation is 1. The number of halogens is 1. The Balaban J connectivity index is 1.43. The van der Waals surface area contributed by atoms with E-state index in [9.17, 15) is 9.59 Å². The van der Waals surface area contributed by atoms with Gasteiger partial charge in [0.2, 0.25) is 11.7 Å². The lowest BCUT2D eigenvalue weighted by Gasteiger charge is -2.22. The number of hydrogen-bond donors (Lipinski definition) is 1. The maximum atomic E-state index is 13.2. The first-order valence-electron chi connectivity index (χ1n) is 10.9. The Bertz CT molecular complexity index is 1390. The van der Waals surface area contributed by atoms with Crippen molar-refractivity contribution in [2.24, 2.45) is 0 Å². The van der Waals surface area contributed by atoms with Crippen LogP contribution in [-0.2, 0) is 11.3 Å². The highest BCUT2D eigenvalue weighted by Gasteiger charge is 2.22. The van der Waals surface area contributed by atoms with Crippen LogP contribution < -0.4 is 10.9 Å². The van der Waals surface area contributed by atoms with Gasteiger partial charge >= 0.3 is 0 Å². The Morgan fingerprint density at radius 2 is 2.06 bits per heavy atom. The van der Waals surface area contributed by atoms with Gasteiger partial charge in [0.15, 0.2) is 0 Å². The molecule has 33 heavy (non-hydrogen) atoms. The van der Waals surface area contributed by atoms with E-state index in [-0.39, 0.29) is 24.1 Å². The van der Waals surface area contributed by atoms with Crippen molar-refractivity contribution in [3.63, 3.8) is 0 Å². The lowest BCUT2D eigenvalue weighted by atomic mass is 9.95. The van der Waals surface area contributed by atoms with Crippen LogP contribution in [0.3, 0.4) is 0 Å². The highest BCUT2D eigenvalue weighted by molar-refractivity contribution is 7.22. The third kappa shape index (κ3) is 4.30. The minimum absolute atomic E-state index is 0.0555. The predicted molar refractivity (Wildman–Crippen MR) is 127 cm³/mol. The van der Waals surface area contributed by atoms with Gasteiger partial charge in [-0.15, -0.1) is 11.3 Å². The zero-order valence-corrected chi connectivity index (χ0v) is 19.6. The monoisotopic (exact) mass is 483 g/mol. The summed E-state index contributed by atoms with van der Waals surface area (Å²) in [5.74, 6) is 0.503. The standard InChI is InChI=1S/C23H22ClN5O3S/c1-13-18-22(25-12-29(23(18)31)11-17(30)26-14-7-3-2-4-8-14)33-19(13)21-27-20(28-32-21)15-9-5-6-10-16(15)24/h5-6,9-10,12,14H,2-4,7-8,11H2,1H3,(H,26,30). The maximum Gasteiger partial charge on any atom is 0.268 e. The molecule has 3 heterocycles. The smallest absolute Gasteiger partial charge is 0.268 e. The molecule has 0 radical (unpaired) electrons. The zero-order valence-electron chi connectivity index (χ0n) is 18.0. The van der Waals surface area contributed by atoms with Gasteiger partial charge < -0.3 is 9.84 Å². The number of carbonyl (C=O) groups excluding carboxylic acids is 1. The van der Waals surface area contributed by atoms with Gasteiger partial charge in [-0.3, -0.25) is 14.2 Å². The number of thiophene rings is 1. The average molecular weight is 484 g/mol. The third-order valence-corrected chi connectivity index (χ3v) is 7.45. The van der Waals surface area contributed by atoms with Gasteiger partial charge in [0.1, 0.15) is 11.4 Å². The molecule has 0 bridgehead atoms. The second kappa shape index (κ2) is 9.07. The van der Waals surface area contributed by atoms with Crippen molar-refractivity contribution >= 4 is 39.1 Å². The molecule has 4 aromatic rings. The zero-order chi connectivity index (χ0) is 22.9. The largest absolute Gasteiger partial charge is 0.352 e. The summed E-state index contributed by atoms with van der Waals surface area (Å²) < 4.78 is 6.83. The molecule has 0 saturated heterocycles. The van der Waals surface area contributed by atoms with E-state index in [2.05, 4.69) is 20.4 Å². The third-order valence-electron chi connectivity index (χ3n) is 5.94. The van der Waals surface area contributed by atoms with Crippen molar-refractivity contribution in [3.05, 3.63) is 51.5 Å². The number of amides is 1. The summed E-state index contributed by atoms with van der Waals surface area (Å²) in [6, 6.07) is 7.44. The minimum Gasteiger partial charge on any atom is -0.352 e. The van der Waals surface area contributed by atoms with Crippen LogP contribution in [0.4, 0.5) is 0 Å². The highest BCUT2D eigenvalue weighted by Crippen LogP contribution is 2.36. The second-order valence-electron chi connectivity index (χ2n) is 8.22. The molecule has 8 nitrogen and oxygen atoms in total. The molecular formula is C23H22ClN5O3S. The molecule has 1 aliphatic carbocycles. The summed E-state index contributed by atoms with van der Waals surface area (Å²) in [6.07, 6.45) is 6.88. The van der Waals surface area contributed by atoms with Gasteiger partial charge in [-0.2, -0.15) is 4.98 Å². The lowest BCUT2D eigenvalue weighted by molar-refractivity contribution is -0.122. The van der Waals surface area contributed by atoms with Crippen LogP contribution in [0.2, 0.25) is 5.02 Å². The van der Waals surface area contributed by atoms with E-state index in [0.717, 1.165) is 25.7 Å². The Labute approximate surface area is 198 Å². The Morgan fingerprint density at radius 3 is 2.85 bits per heavy atom. The first-order valence-corrected chi connectivity index (χ1v) is 12.1. The van der Waals surface area contributed by atoms with Crippen molar-refractivity contribution in [2.45, 2.75) is 51.6 Å². The lowest BCUT2D eigenvalue weighted by Crippen LogP contribution is -2.39. The molecule has 170 valence electrons. The highest BCUT2D eigenvalue weighted by atomic mass is 35.5. The molecule has 1 aromatic carbocycles. The van der Waals surface area contributed by atoms with Gasteiger partial charge in [-0.1, -0.05) is 48.2 Å². The summed E-state index contributed by atoms with van der Waals surface area (Å²) in [5, 5.41) is 8.07. The summed E-state index contributed by atoms with van der Waals surface area (Å²) >= 11 is 7.55. The first-order chi connectivity index (χ1) is 16.0. The van der Waals surface area contributed by atoms with Crippen molar-refractivity contribution in [1.82, 2.24) is 25.0 Å². The number of nitrogens with zero attached hydrogens (tertiary/aromatic N) is 4. The number of carbonyl (C=O) groups is 1. The van der Waals surface area contributed by atoms with Gasteiger partial charge in [0.25, 0.3) is 11.4 Å². The van der Waals surface area contributed by atoms with E-state index >= 15 is 0 Å². The molecule has 10 heteroatoms. The van der Waals surface area contributed by atoms with E-state index in [1.165, 1.54) is 28.7 Å². The minimum atomic E-state index is -0.260. The summed E-state index contributed by atoms with van der Waals surface area (Å²) in [5.41, 5.74) is 1.10. The quantitative estimate of drug-likeness (QED) is 0.445. The van der Waals surface area contributed by atoms with Crippen LogP contribution in [0.5, 0.6) is 0 Å². The molecule has 1 fully saturated rings. The van der Waals surface area contributed by atoms with Crippen LogP contribution in [0.15, 0.2) is 39.9 Å². The van der Waals surface area contributed by atoms with Crippen molar-refractivity contribution in [3.8, 4) is 22.2 Å². The number of aromatic nitrogens is 4. The molecule has 1 amide bonds. The topological polar surface area (TPSA) is 103 Å². The molecule has 0 unspecified atom stereocenters. The van der Waals surface area contributed by atoms with Crippen LogP contribution in [0, 0.1) is 6.92 Å². The normalized spacial score (nSPS) is 14.6. The number of hydrogen-bond acceptors (Lipinski definition) is 7. The van der Waals surface area contributed by atoms with E-state index in [1.807, 2.05) is 25.1 Å². The summed E-state index contributed by atoms with van der Waals surface area (Å²) in [4.78, 5) is 35.8. The molecule has 0 spiro atoms. The number of benzene rings is 1. The van der Waals surface area contributed by atoms with Crippen LogP contribution in [0.25, 0.3) is 32.4 Å². The average Bonchev–Trinajstić information content (AvgIpc) is 3.42. The molecule has 5 rings (SSSR count). The van der Waals surface area contributed by atoms with E-state index in [0.29, 0.717) is 43.0 Å². The van der Waals surface area contributed by atoms with Crippen molar-refractivity contribution in [1.29, 1.82) is 0 Å².